The Morgan fingerprint density at radius 3 is 1.74 bits per heavy atom. The monoisotopic (exact) mass is 508 g/mol. The lowest BCUT2D eigenvalue weighted by Gasteiger charge is -2.22. The molecule has 0 aliphatic heterocycles. The summed E-state index contributed by atoms with van der Waals surface area (Å²) in [5, 5.41) is 18.7. The Morgan fingerprint density at radius 2 is 1.24 bits per heavy atom. The lowest BCUT2D eigenvalue weighted by molar-refractivity contribution is -0.123. The smallest absolute Gasteiger partial charge is 0.242 e. The van der Waals surface area contributed by atoms with Crippen molar-refractivity contribution in [1.82, 2.24) is 21.3 Å². The Balaban J connectivity index is 2.54. The summed E-state index contributed by atoms with van der Waals surface area (Å²) < 4.78 is 0. The molecule has 1 rings (SSSR count). The summed E-state index contributed by atoms with van der Waals surface area (Å²) in [4.78, 5) is 24.4. The molecule has 0 aromatic heterocycles. The minimum atomic E-state index is -0.402. The van der Waals surface area contributed by atoms with Gasteiger partial charge < -0.3 is 31.9 Å². The zero-order valence-corrected chi connectivity index (χ0v) is 22.7. The van der Waals surface area contributed by atoms with Gasteiger partial charge in [-0.05, 0) is 72.9 Å². The molecule has 0 aliphatic rings. The van der Waals surface area contributed by atoms with Gasteiger partial charge in [-0.1, -0.05) is 41.5 Å². The first-order chi connectivity index (χ1) is 16.0. The minimum absolute atomic E-state index is 0.0509. The van der Waals surface area contributed by atoms with Gasteiger partial charge in [0.1, 0.15) is 6.04 Å². The highest BCUT2D eigenvalue weighted by Gasteiger charge is 2.20. The average Bonchev–Trinajstić information content (AvgIpc) is 2.75. The molecule has 0 bridgehead atoms. The molecule has 0 spiro atoms. The molecule has 0 unspecified atom stereocenters. The van der Waals surface area contributed by atoms with E-state index in [-0.39, 0.29) is 18.4 Å². The second kappa shape index (κ2) is 15.4. The molecule has 0 aliphatic carbocycles. The Hall–Kier alpha value is -2.46. The number of rotatable bonds is 12. The third kappa shape index (κ3) is 13.3. The lowest BCUT2D eigenvalue weighted by Crippen LogP contribution is -2.49. The zero-order chi connectivity index (χ0) is 25.7. The van der Waals surface area contributed by atoms with Crippen molar-refractivity contribution in [2.24, 2.45) is 17.8 Å². The summed E-state index contributed by atoms with van der Waals surface area (Å²) in [5.41, 5.74) is 1.55. The number of hydrogen-bond acceptors (Lipinski definition) is 4. The van der Waals surface area contributed by atoms with Crippen molar-refractivity contribution in [3.63, 3.8) is 0 Å². The molecule has 2 amide bonds. The van der Waals surface area contributed by atoms with Crippen LogP contribution in [0, 0.1) is 17.8 Å². The standard InChI is InChI=1S/C24H40N6O2S2/c1-15(2)11-20(22(32)26-13-17(5)6)30-24(34)29-19-9-7-18(8-10-19)28-23(33)27-14-21(31)25-12-16(3)4/h7-10,15-17,20H,11-14H2,1-6H3,(H,25,31)(H,26,32)(H2,27,28,33)(H2,29,30,34)/t20-/m0/s1. The van der Waals surface area contributed by atoms with Crippen LogP contribution in [0.3, 0.4) is 0 Å². The summed E-state index contributed by atoms with van der Waals surface area (Å²) in [6.45, 7) is 13.7. The largest absolute Gasteiger partial charge is 0.354 e. The molecule has 0 saturated carbocycles. The molecule has 0 heterocycles. The second-order valence-corrected chi connectivity index (χ2v) is 10.3. The van der Waals surface area contributed by atoms with Crippen molar-refractivity contribution in [2.45, 2.75) is 54.0 Å². The Morgan fingerprint density at radius 1 is 0.735 bits per heavy atom. The zero-order valence-electron chi connectivity index (χ0n) is 21.1. The van der Waals surface area contributed by atoms with Gasteiger partial charge in [0, 0.05) is 24.5 Å². The summed E-state index contributed by atoms with van der Waals surface area (Å²) in [6.07, 6.45) is 0.675. The fourth-order valence-corrected chi connectivity index (χ4v) is 3.26. The van der Waals surface area contributed by atoms with Gasteiger partial charge in [0.15, 0.2) is 10.2 Å². The molecule has 6 N–H and O–H groups in total. The maximum atomic E-state index is 12.6. The van der Waals surface area contributed by atoms with Crippen LogP contribution in [0.1, 0.15) is 48.0 Å². The van der Waals surface area contributed by atoms with Gasteiger partial charge in [-0.25, -0.2) is 0 Å². The predicted octanol–water partition coefficient (Wildman–Crippen LogP) is 3.22. The predicted molar refractivity (Wildman–Crippen MR) is 149 cm³/mol. The first kappa shape index (κ1) is 29.6. The molecular weight excluding hydrogens is 468 g/mol. The Labute approximate surface area is 214 Å². The van der Waals surface area contributed by atoms with Gasteiger partial charge >= 0.3 is 0 Å². The van der Waals surface area contributed by atoms with Crippen LogP contribution in [0.15, 0.2) is 24.3 Å². The molecular formula is C24H40N6O2S2. The average molecular weight is 509 g/mol. The highest BCUT2D eigenvalue weighted by atomic mass is 32.1. The number of benzene rings is 1. The Bertz CT molecular complexity index is 812. The van der Waals surface area contributed by atoms with Crippen LogP contribution in [-0.4, -0.2) is 47.7 Å². The molecule has 8 nitrogen and oxygen atoms in total. The summed E-state index contributed by atoms with van der Waals surface area (Å²) in [7, 11) is 0. The lowest BCUT2D eigenvalue weighted by atomic mass is 10.0. The van der Waals surface area contributed by atoms with Crippen LogP contribution in [0.5, 0.6) is 0 Å². The van der Waals surface area contributed by atoms with E-state index in [0.29, 0.717) is 47.5 Å². The number of anilines is 2. The van der Waals surface area contributed by atoms with E-state index in [1.165, 1.54) is 0 Å². The molecule has 0 saturated heterocycles. The first-order valence-electron chi connectivity index (χ1n) is 11.7. The SMILES string of the molecule is CC(C)CNC(=O)CNC(=S)Nc1ccc(NC(=S)N[C@@H](CC(C)C)C(=O)NCC(C)C)cc1. The first-order valence-corrected chi connectivity index (χ1v) is 12.5. The Kier molecular flexibility index (Phi) is 13.4. The number of amides is 2. The van der Waals surface area contributed by atoms with Crippen LogP contribution in [0.2, 0.25) is 0 Å². The molecule has 0 radical (unpaired) electrons. The van der Waals surface area contributed by atoms with Crippen LogP contribution in [0.25, 0.3) is 0 Å². The van der Waals surface area contributed by atoms with E-state index >= 15 is 0 Å². The number of thiocarbonyl (C=S) groups is 2. The minimum Gasteiger partial charge on any atom is -0.354 e. The van der Waals surface area contributed by atoms with Crippen molar-refractivity contribution in [2.75, 3.05) is 30.3 Å². The molecule has 1 aromatic carbocycles. The molecule has 190 valence electrons. The van der Waals surface area contributed by atoms with Crippen molar-refractivity contribution >= 4 is 57.8 Å². The normalized spacial score (nSPS) is 11.7. The summed E-state index contributed by atoms with van der Waals surface area (Å²) >= 11 is 10.7. The van der Waals surface area contributed by atoms with Crippen LogP contribution >= 0.6 is 24.4 Å². The molecule has 0 fully saturated rings. The number of carbonyl (C=O) groups is 2. The van der Waals surface area contributed by atoms with Gasteiger partial charge in [0.2, 0.25) is 11.8 Å². The van der Waals surface area contributed by atoms with Crippen LogP contribution in [0.4, 0.5) is 11.4 Å². The second-order valence-electron chi connectivity index (χ2n) is 9.50. The number of carbonyl (C=O) groups excluding carboxylic acids is 2. The number of nitrogens with one attached hydrogen (secondary N) is 6. The molecule has 1 atom stereocenters. The van der Waals surface area contributed by atoms with E-state index in [0.717, 1.165) is 11.4 Å². The summed E-state index contributed by atoms with van der Waals surface area (Å²) in [5.74, 6) is 0.963. The molecule has 34 heavy (non-hydrogen) atoms. The van der Waals surface area contributed by atoms with Crippen molar-refractivity contribution in [3.8, 4) is 0 Å². The van der Waals surface area contributed by atoms with E-state index in [4.69, 9.17) is 24.4 Å². The fourth-order valence-electron chi connectivity index (χ4n) is 2.81. The van der Waals surface area contributed by atoms with Gasteiger partial charge in [0.25, 0.3) is 0 Å². The highest BCUT2D eigenvalue weighted by molar-refractivity contribution is 7.80. The van der Waals surface area contributed by atoms with Crippen LogP contribution < -0.4 is 31.9 Å². The van der Waals surface area contributed by atoms with Gasteiger partial charge in [-0.3, -0.25) is 9.59 Å². The van der Waals surface area contributed by atoms with Crippen LogP contribution in [-0.2, 0) is 9.59 Å². The summed E-state index contributed by atoms with van der Waals surface area (Å²) in [6, 6.07) is 6.99. The van der Waals surface area contributed by atoms with Gasteiger partial charge in [-0.2, -0.15) is 0 Å². The van der Waals surface area contributed by atoms with E-state index in [1.807, 2.05) is 38.1 Å². The van der Waals surface area contributed by atoms with Gasteiger partial charge in [0.05, 0.1) is 6.54 Å². The van der Waals surface area contributed by atoms with Crippen molar-refractivity contribution < 1.29 is 9.59 Å². The maximum Gasteiger partial charge on any atom is 0.242 e. The van der Waals surface area contributed by atoms with E-state index in [2.05, 4.69) is 59.6 Å². The van der Waals surface area contributed by atoms with Gasteiger partial charge in [-0.15, -0.1) is 0 Å². The number of hydrogen-bond donors (Lipinski definition) is 6. The molecule has 1 aromatic rings. The third-order valence-corrected chi connectivity index (χ3v) is 5.00. The molecule has 10 heteroatoms. The topological polar surface area (TPSA) is 106 Å². The van der Waals surface area contributed by atoms with E-state index in [1.54, 1.807) is 0 Å². The van der Waals surface area contributed by atoms with E-state index in [9.17, 15) is 9.59 Å². The third-order valence-electron chi connectivity index (χ3n) is 4.53. The fraction of sp³-hybridized carbons (Fsp3) is 0.583. The quantitative estimate of drug-likeness (QED) is 0.239. The van der Waals surface area contributed by atoms with E-state index < -0.39 is 6.04 Å². The van der Waals surface area contributed by atoms with Crippen molar-refractivity contribution in [3.05, 3.63) is 24.3 Å². The highest BCUT2D eigenvalue weighted by Crippen LogP contribution is 2.14. The van der Waals surface area contributed by atoms with Crippen molar-refractivity contribution in [1.29, 1.82) is 0 Å². The maximum absolute atomic E-state index is 12.6.